The van der Waals surface area contributed by atoms with E-state index >= 15 is 0 Å². The number of esters is 3. The van der Waals surface area contributed by atoms with E-state index in [-0.39, 0.29) is 72.6 Å². The lowest BCUT2D eigenvalue weighted by Gasteiger charge is -2.31. The number of hydrogen-bond acceptors (Lipinski definition) is 10. The standard InChI is InChI=1S/C37H36N2O9/c1-5-23-24-16-22(47-32(41)11-8-12-33(42)48-31-10-7-9-21(20(3)4)15-30(31)40)13-14-28(24)38-34-25(23)18-39-29(34)17-27-26(35(39)43)19-46-36(44)37(27,45)6-2/h7,9-10,13-17,20,45H,5-6,8,11-12,18-19H2,1-4H3/t37-/m0/s1. The molecular weight excluding hydrogens is 616 g/mol. The lowest BCUT2D eigenvalue weighted by Crippen LogP contribution is -2.44. The van der Waals surface area contributed by atoms with Crippen LogP contribution in [-0.2, 0) is 44.3 Å². The molecule has 0 saturated heterocycles. The highest BCUT2D eigenvalue weighted by molar-refractivity contribution is 5.90. The van der Waals surface area contributed by atoms with E-state index in [4.69, 9.17) is 19.2 Å². The zero-order valence-corrected chi connectivity index (χ0v) is 27.3. The number of fused-ring (bicyclic) bond motifs is 5. The van der Waals surface area contributed by atoms with Crippen molar-refractivity contribution in [3.05, 3.63) is 96.9 Å². The van der Waals surface area contributed by atoms with Gasteiger partial charge in [0.1, 0.15) is 12.4 Å². The quantitative estimate of drug-likeness (QED) is 0.174. The first kappa shape index (κ1) is 32.8. The molecule has 6 rings (SSSR count). The van der Waals surface area contributed by atoms with Crippen LogP contribution in [0.15, 0.2) is 58.1 Å². The number of aryl methyl sites for hydroxylation is 1. The zero-order valence-electron chi connectivity index (χ0n) is 27.3. The Balaban J connectivity index is 1.17. The van der Waals surface area contributed by atoms with Crippen molar-refractivity contribution in [3.63, 3.8) is 0 Å². The second-order valence-corrected chi connectivity index (χ2v) is 12.4. The fourth-order valence-electron chi connectivity index (χ4n) is 6.38. The second-order valence-electron chi connectivity index (χ2n) is 12.4. The van der Waals surface area contributed by atoms with Crippen LogP contribution in [0.2, 0.25) is 0 Å². The number of carbonyl (C=O) groups excluding carboxylic acids is 3. The monoisotopic (exact) mass is 652 g/mol. The first-order chi connectivity index (χ1) is 22.9. The lowest BCUT2D eigenvalue weighted by atomic mass is 9.86. The summed E-state index contributed by atoms with van der Waals surface area (Å²) in [6, 6.07) is 13.2. The van der Waals surface area contributed by atoms with Gasteiger partial charge in [0.05, 0.1) is 29.0 Å². The van der Waals surface area contributed by atoms with E-state index in [1.807, 2.05) is 20.8 Å². The minimum Gasteiger partial charge on any atom is -0.458 e. The molecule has 2 aromatic heterocycles. The smallest absolute Gasteiger partial charge is 0.343 e. The van der Waals surface area contributed by atoms with Gasteiger partial charge in [0.2, 0.25) is 5.43 Å². The Morgan fingerprint density at radius 3 is 2.46 bits per heavy atom. The van der Waals surface area contributed by atoms with Gasteiger partial charge >= 0.3 is 17.9 Å². The van der Waals surface area contributed by atoms with E-state index in [1.54, 1.807) is 47.9 Å². The summed E-state index contributed by atoms with van der Waals surface area (Å²) >= 11 is 0. The van der Waals surface area contributed by atoms with Crippen molar-refractivity contribution < 1.29 is 33.7 Å². The third-order valence-corrected chi connectivity index (χ3v) is 9.09. The Kier molecular flexibility index (Phi) is 8.74. The molecule has 0 saturated carbocycles. The lowest BCUT2D eigenvalue weighted by molar-refractivity contribution is -0.172. The van der Waals surface area contributed by atoms with E-state index in [0.29, 0.717) is 29.1 Å². The van der Waals surface area contributed by atoms with Gasteiger partial charge < -0.3 is 23.9 Å². The van der Waals surface area contributed by atoms with Crippen LogP contribution >= 0.6 is 0 Å². The summed E-state index contributed by atoms with van der Waals surface area (Å²) in [5.41, 5.74) is 2.24. The number of ether oxygens (including phenoxy) is 3. The van der Waals surface area contributed by atoms with E-state index < -0.39 is 23.5 Å². The molecule has 2 aliphatic heterocycles. The van der Waals surface area contributed by atoms with Crippen LogP contribution in [0.25, 0.3) is 22.3 Å². The fourth-order valence-corrected chi connectivity index (χ4v) is 6.38. The van der Waals surface area contributed by atoms with E-state index in [1.165, 1.54) is 12.1 Å². The zero-order chi connectivity index (χ0) is 34.3. The van der Waals surface area contributed by atoms with Crippen LogP contribution in [0.5, 0.6) is 11.5 Å². The molecule has 11 heteroatoms. The maximum atomic E-state index is 13.6. The molecule has 48 heavy (non-hydrogen) atoms. The number of aliphatic hydroxyl groups is 1. The van der Waals surface area contributed by atoms with Crippen molar-refractivity contribution >= 4 is 28.8 Å². The van der Waals surface area contributed by atoms with Gasteiger partial charge in [0.15, 0.2) is 11.4 Å². The van der Waals surface area contributed by atoms with Gasteiger partial charge in [-0.05, 0) is 72.7 Å². The van der Waals surface area contributed by atoms with Crippen molar-refractivity contribution in [1.82, 2.24) is 9.55 Å². The molecule has 1 N–H and O–H groups in total. The summed E-state index contributed by atoms with van der Waals surface area (Å²) in [6.07, 6.45) is 0.718. The Bertz CT molecular complexity index is 2120. The molecule has 0 amide bonds. The average Bonchev–Trinajstić information content (AvgIpc) is 3.32. The molecule has 0 aliphatic carbocycles. The number of benzene rings is 1. The van der Waals surface area contributed by atoms with Crippen LogP contribution in [0.3, 0.4) is 0 Å². The Hall–Kier alpha value is -5.16. The Morgan fingerprint density at radius 1 is 1.00 bits per heavy atom. The summed E-state index contributed by atoms with van der Waals surface area (Å²) in [5, 5.41) is 11.9. The molecular formula is C37H36N2O9. The second kappa shape index (κ2) is 12.8. The largest absolute Gasteiger partial charge is 0.458 e. The predicted octanol–water partition coefficient (Wildman–Crippen LogP) is 4.81. The van der Waals surface area contributed by atoms with E-state index in [9.17, 15) is 29.1 Å². The third-order valence-electron chi connectivity index (χ3n) is 9.09. The molecule has 2 aliphatic rings. The van der Waals surface area contributed by atoms with Gasteiger partial charge in [-0.25, -0.2) is 9.78 Å². The van der Waals surface area contributed by atoms with Crippen LogP contribution < -0.4 is 20.5 Å². The maximum absolute atomic E-state index is 13.6. The number of carbonyl (C=O) groups is 3. The molecule has 0 spiro atoms. The fraction of sp³-hybridized carbons (Fsp3) is 0.351. The van der Waals surface area contributed by atoms with Crippen molar-refractivity contribution in [3.8, 4) is 22.9 Å². The highest BCUT2D eigenvalue weighted by Gasteiger charge is 2.45. The molecule has 0 unspecified atom stereocenters. The first-order valence-electron chi connectivity index (χ1n) is 16.1. The SMILES string of the molecule is CCc1c2c(nc3ccc(OC(=O)CCCC(=O)Oc4cccc(C(C)C)cc4=O)cc13)-c1cc3c(c(=O)n1C2)COC(=O)[C@]3(O)CC. The molecule has 0 fully saturated rings. The molecule has 4 aromatic rings. The maximum Gasteiger partial charge on any atom is 0.343 e. The van der Waals surface area contributed by atoms with Gasteiger partial charge in [-0.15, -0.1) is 0 Å². The van der Waals surface area contributed by atoms with Gasteiger partial charge in [-0.1, -0.05) is 39.8 Å². The summed E-state index contributed by atoms with van der Waals surface area (Å²) in [7, 11) is 0. The number of aromatic nitrogens is 2. The Labute approximate surface area is 276 Å². The van der Waals surface area contributed by atoms with Crippen molar-refractivity contribution in [1.29, 1.82) is 0 Å². The van der Waals surface area contributed by atoms with Gasteiger partial charge in [-0.2, -0.15) is 0 Å². The highest BCUT2D eigenvalue weighted by Crippen LogP contribution is 2.40. The summed E-state index contributed by atoms with van der Waals surface area (Å²) < 4.78 is 17.6. The molecule has 4 heterocycles. The molecule has 0 bridgehead atoms. The van der Waals surface area contributed by atoms with Crippen molar-refractivity contribution in [2.45, 2.75) is 84.5 Å². The van der Waals surface area contributed by atoms with Gasteiger partial charge in [0.25, 0.3) is 5.56 Å². The molecule has 1 atom stereocenters. The van der Waals surface area contributed by atoms with Crippen LogP contribution in [0.4, 0.5) is 0 Å². The summed E-state index contributed by atoms with van der Waals surface area (Å²) in [5.74, 6) is -1.52. The van der Waals surface area contributed by atoms with Crippen molar-refractivity contribution in [2.75, 3.05) is 0 Å². The molecule has 2 aromatic carbocycles. The van der Waals surface area contributed by atoms with E-state index in [2.05, 4.69) is 0 Å². The molecule has 11 nitrogen and oxygen atoms in total. The predicted molar refractivity (Wildman–Crippen MR) is 176 cm³/mol. The van der Waals surface area contributed by atoms with Crippen LogP contribution in [0, 0.1) is 0 Å². The number of hydrogen-bond donors (Lipinski definition) is 1. The number of rotatable bonds is 9. The summed E-state index contributed by atoms with van der Waals surface area (Å²) in [4.78, 5) is 68.5. The number of nitrogens with zero attached hydrogens (tertiary/aromatic N) is 2. The summed E-state index contributed by atoms with van der Waals surface area (Å²) in [6.45, 7) is 7.63. The number of cyclic esters (lactones) is 1. The number of pyridine rings is 2. The normalized spacial score (nSPS) is 16.2. The van der Waals surface area contributed by atoms with Gasteiger partial charge in [0, 0.05) is 29.4 Å². The van der Waals surface area contributed by atoms with Gasteiger partial charge in [-0.3, -0.25) is 19.2 Å². The third kappa shape index (κ3) is 5.79. The topological polar surface area (TPSA) is 151 Å². The highest BCUT2D eigenvalue weighted by atomic mass is 16.6. The minimum atomic E-state index is -1.91. The van der Waals surface area contributed by atoms with Crippen LogP contribution in [0.1, 0.15) is 87.1 Å². The van der Waals surface area contributed by atoms with E-state index in [0.717, 1.165) is 22.1 Å². The molecule has 248 valence electrons. The molecule has 0 radical (unpaired) electrons. The van der Waals surface area contributed by atoms with Crippen LogP contribution in [-0.4, -0.2) is 32.6 Å². The Morgan fingerprint density at radius 2 is 1.75 bits per heavy atom. The first-order valence-corrected chi connectivity index (χ1v) is 16.1. The minimum absolute atomic E-state index is 0.0419. The van der Waals surface area contributed by atoms with Crippen molar-refractivity contribution in [2.24, 2.45) is 0 Å². The average molecular weight is 653 g/mol.